The van der Waals surface area contributed by atoms with E-state index in [9.17, 15) is 8.78 Å². The fourth-order valence-corrected chi connectivity index (χ4v) is 3.89. The Morgan fingerprint density at radius 3 is 2.58 bits per heavy atom. The van der Waals surface area contributed by atoms with Crippen LogP contribution in [0, 0.1) is 11.6 Å². The van der Waals surface area contributed by atoms with Gasteiger partial charge in [-0.2, -0.15) is 0 Å². The molecule has 0 spiro atoms. The van der Waals surface area contributed by atoms with E-state index in [0.717, 1.165) is 57.7 Å². The largest absolute Gasteiger partial charge is 0.377 e. The molecule has 0 radical (unpaired) electrons. The van der Waals surface area contributed by atoms with Gasteiger partial charge >= 0.3 is 0 Å². The minimum atomic E-state index is -0.778. The molecule has 3 nitrogen and oxygen atoms in total. The molecule has 0 aromatic heterocycles. The fraction of sp³-hybridized carbons (Fsp3) is 0.684. The molecule has 1 atom stereocenters. The first-order valence-electron chi connectivity index (χ1n) is 9.23. The predicted octanol–water partition coefficient (Wildman–Crippen LogP) is 3.82. The van der Waals surface area contributed by atoms with E-state index in [1.165, 1.54) is 25.0 Å². The Morgan fingerprint density at radius 1 is 1.08 bits per heavy atom. The van der Waals surface area contributed by atoms with Gasteiger partial charge in [0.25, 0.3) is 0 Å². The minimum absolute atomic E-state index is 0.378. The number of anilines is 1. The molecule has 0 unspecified atom stereocenters. The molecule has 24 heavy (non-hydrogen) atoms. The summed E-state index contributed by atoms with van der Waals surface area (Å²) in [6, 6.07) is 4.79. The average Bonchev–Trinajstić information content (AvgIpc) is 2.63. The summed E-state index contributed by atoms with van der Waals surface area (Å²) in [5.41, 5.74) is 0.787. The first kappa shape index (κ1) is 17.6. The quantitative estimate of drug-likeness (QED) is 0.812. The molecule has 0 N–H and O–H groups in total. The number of halogens is 2. The summed E-state index contributed by atoms with van der Waals surface area (Å²) in [6.45, 7) is 6.98. The molecule has 1 aromatic carbocycles. The Kier molecular flexibility index (Phi) is 6.06. The van der Waals surface area contributed by atoms with Crippen LogP contribution in [0.15, 0.2) is 18.2 Å². The number of hydrogen-bond acceptors (Lipinski definition) is 3. The highest BCUT2D eigenvalue weighted by atomic mass is 19.2. The Bertz CT molecular complexity index is 532. The molecule has 0 saturated carbocycles. The summed E-state index contributed by atoms with van der Waals surface area (Å²) in [5.74, 6) is -1.54. The van der Waals surface area contributed by atoms with Crippen LogP contribution in [0.25, 0.3) is 0 Å². The first-order chi connectivity index (χ1) is 11.7. The third-order valence-electron chi connectivity index (χ3n) is 5.22. The van der Waals surface area contributed by atoms with Crippen molar-refractivity contribution < 1.29 is 13.5 Å². The van der Waals surface area contributed by atoms with Crippen molar-refractivity contribution in [2.75, 3.05) is 37.7 Å². The maximum absolute atomic E-state index is 13.4. The molecule has 2 aliphatic heterocycles. The number of likely N-dealkylation sites (tertiary alicyclic amines) is 1. The summed E-state index contributed by atoms with van der Waals surface area (Å²) in [5, 5.41) is 0. The zero-order chi connectivity index (χ0) is 16.9. The highest BCUT2D eigenvalue weighted by Crippen LogP contribution is 2.26. The van der Waals surface area contributed by atoms with Crippen LogP contribution < -0.4 is 4.90 Å². The molecule has 1 aromatic rings. The lowest BCUT2D eigenvalue weighted by Gasteiger charge is -2.42. The minimum Gasteiger partial charge on any atom is -0.377 e. The summed E-state index contributed by atoms with van der Waals surface area (Å²) in [7, 11) is 0. The highest BCUT2D eigenvalue weighted by molar-refractivity contribution is 5.47. The van der Waals surface area contributed by atoms with Crippen LogP contribution >= 0.6 is 0 Å². The van der Waals surface area contributed by atoms with Gasteiger partial charge in [0, 0.05) is 44.0 Å². The van der Waals surface area contributed by atoms with Gasteiger partial charge in [0.2, 0.25) is 0 Å². The molecule has 0 aliphatic carbocycles. The van der Waals surface area contributed by atoms with Gasteiger partial charge in [-0.3, -0.25) is 4.90 Å². The van der Waals surface area contributed by atoms with Gasteiger partial charge in [0.1, 0.15) is 0 Å². The Morgan fingerprint density at radius 2 is 1.88 bits per heavy atom. The maximum atomic E-state index is 13.4. The van der Waals surface area contributed by atoms with Crippen LogP contribution in [-0.2, 0) is 4.74 Å². The topological polar surface area (TPSA) is 15.7 Å². The number of benzene rings is 1. The lowest BCUT2D eigenvalue weighted by molar-refractivity contribution is -0.0155. The van der Waals surface area contributed by atoms with E-state index in [1.54, 1.807) is 6.07 Å². The summed E-state index contributed by atoms with van der Waals surface area (Å²) < 4.78 is 32.4. The van der Waals surface area contributed by atoms with Crippen molar-refractivity contribution in [3.8, 4) is 0 Å². The second-order valence-corrected chi connectivity index (χ2v) is 6.95. The van der Waals surface area contributed by atoms with Crippen molar-refractivity contribution in [1.29, 1.82) is 0 Å². The van der Waals surface area contributed by atoms with Gasteiger partial charge in [-0.15, -0.1) is 0 Å². The van der Waals surface area contributed by atoms with Crippen molar-refractivity contribution >= 4 is 5.69 Å². The smallest absolute Gasteiger partial charge is 0.160 e. The van der Waals surface area contributed by atoms with E-state index in [2.05, 4.69) is 16.7 Å². The zero-order valence-electron chi connectivity index (χ0n) is 14.5. The van der Waals surface area contributed by atoms with E-state index < -0.39 is 11.6 Å². The van der Waals surface area contributed by atoms with Gasteiger partial charge in [0.05, 0.1) is 6.10 Å². The Labute approximate surface area is 143 Å². The van der Waals surface area contributed by atoms with E-state index in [0.29, 0.717) is 12.1 Å². The van der Waals surface area contributed by atoms with Crippen LogP contribution in [0.2, 0.25) is 0 Å². The lowest BCUT2D eigenvalue weighted by Crippen LogP contribution is -2.50. The lowest BCUT2D eigenvalue weighted by atomic mass is 9.98. The summed E-state index contributed by atoms with van der Waals surface area (Å²) in [6.07, 6.45) is 5.97. The Balaban J connectivity index is 1.52. The van der Waals surface area contributed by atoms with Gasteiger partial charge in [-0.25, -0.2) is 8.78 Å². The second kappa shape index (κ2) is 8.26. The van der Waals surface area contributed by atoms with Crippen LogP contribution in [0.5, 0.6) is 0 Å². The standard InChI is InChI=1S/C19H28F2N2O/c1-2-12-24-17-4-3-9-23(14-17)15-7-10-22(11-8-15)16-5-6-18(20)19(21)13-16/h5-6,13,15,17H,2-4,7-12,14H2,1H3/t17-/m0/s1. The van der Waals surface area contributed by atoms with Crippen LogP contribution in [0.4, 0.5) is 14.5 Å². The van der Waals surface area contributed by atoms with Gasteiger partial charge < -0.3 is 9.64 Å². The molecule has 3 rings (SSSR count). The molecule has 2 saturated heterocycles. The normalized spacial score (nSPS) is 23.6. The fourth-order valence-electron chi connectivity index (χ4n) is 3.89. The highest BCUT2D eigenvalue weighted by Gasteiger charge is 2.29. The summed E-state index contributed by atoms with van der Waals surface area (Å²) >= 11 is 0. The molecule has 2 heterocycles. The van der Waals surface area contributed by atoms with Crippen LogP contribution in [0.1, 0.15) is 39.0 Å². The van der Waals surface area contributed by atoms with Gasteiger partial charge in [-0.05, 0) is 50.8 Å². The molecule has 2 aliphatic rings. The number of ether oxygens (including phenoxy) is 1. The molecular formula is C19H28F2N2O. The van der Waals surface area contributed by atoms with Crippen molar-refractivity contribution in [3.05, 3.63) is 29.8 Å². The number of piperidine rings is 2. The SMILES string of the molecule is CCCO[C@H]1CCCN(C2CCN(c3ccc(F)c(F)c3)CC2)C1. The molecule has 134 valence electrons. The van der Waals surface area contributed by atoms with E-state index in [4.69, 9.17) is 4.74 Å². The van der Waals surface area contributed by atoms with E-state index in [-0.39, 0.29) is 0 Å². The van der Waals surface area contributed by atoms with Crippen LogP contribution in [0.3, 0.4) is 0 Å². The van der Waals surface area contributed by atoms with Crippen molar-refractivity contribution in [3.63, 3.8) is 0 Å². The summed E-state index contributed by atoms with van der Waals surface area (Å²) in [4.78, 5) is 4.74. The molecular weight excluding hydrogens is 310 g/mol. The average molecular weight is 338 g/mol. The molecule has 0 bridgehead atoms. The maximum Gasteiger partial charge on any atom is 0.160 e. The predicted molar refractivity (Wildman–Crippen MR) is 92.4 cm³/mol. The number of hydrogen-bond donors (Lipinski definition) is 0. The molecule has 0 amide bonds. The first-order valence-corrected chi connectivity index (χ1v) is 9.23. The van der Waals surface area contributed by atoms with E-state index in [1.807, 2.05) is 0 Å². The molecule has 5 heteroatoms. The van der Waals surface area contributed by atoms with Gasteiger partial charge in [0.15, 0.2) is 11.6 Å². The second-order valence-electron chi connectivity index (χ2n) is 6.95. The number of rotatable bonds is 5. The van der Waals surface area contributed by atoms with Crippen molar-refractivity contribution in [2.24, 2.45) is 0 Å². The van der Waals surface area contributed by atoms with E-state index >= 15 is 0 Å². The zero-order valence-corrected chi connectivity index (χ0v) is 14.5. The monoisotopic (exact) mass is 338 g/mol. The Hall–Kier alpha value is -1.20. The number of nitrogens with zero attached hydrogens (tertiary/aromatic N) is 2. The third-order valence-corrected chi connectivity index (χ3v) is 5.22. The van der Waals surface area contributed by atoms with Crippen molar-refractivity contribution in [2.45, 2.75) is 51.2 Å². The van der Waals surface area contributed by atoms with Gasteiger partial charge in [-0.1, -0.05) is 6.92 Å². The van der Waals surface area contributed by atoms with Crippen LogP contribution in [-0.4, -0.2) is 49.8 Å². The van der Waals surface area contributed by atoms with Crippen molar-refractivity contribution in [1.82, 2.24) is 4.90 Å². The molecule has 2 fully saturated rings. The third kappa shape index (κ3) is 4.25.